The van der Waals surface area contributed by atoms with E-state index in [9.17, 15) is 0 Å². The van der Waals surface area contributed by atoms with Crippen molar-refractivity contribution < 1.29 is 0 Å². The predicted molar refractivity (Wildman–Crippen MR) is 274 cm³/mol. The van der Waals surface area contributed by atoms with E-state index in [1.807, 2.05) is 0 Å². The molecule has 5 nitrogen and oxygen atoms in total. The molecule has 3 heterocycles. The fourth-order valence-electron chi connectivity index (χ4n) is 10.8. The second-order valence-corrected chi connectivity index (χ2v) is 18.9. The minimum atomic E-state index is -0.641. The van der Waals surface area contributed by atoms with Crippen LogP contribution in [0.5, 0.6) is 0 Å². The molecule has 0 saturated heterocycles. The van der Waals surface area contributed by atoms with Crippen LogP contribution in [-0.2, 0) is 5.41 Å². The summed E-state index contributed by atoms with van der Waals surface area (Å²) >= 11 is 0. The normalized spacial score (nSPS) is 13.9. The zero-order valence-electron chi connectivity index (χ0n) is 39.8. The van der Waals surface area contributed by atoms with Crippen LogP contribution >= 0.6 is 0 Å². The smallest absolute Gasteiger partial charge is 0.119 e. The minimum absolute atomic E-state index is 0.641. The van der Waals surface area contributed by atoms with Crippen molar-refractivity contribution in [3.05, 3.63) is 130 Å². The molecular formula is C59H73N5. The number of benzene rings is 5. The van der Waals surface area contributed by atoms with Crippen LogP contribution in [0.2, 0.25) is 0 Å². The summed E-state index contributed by atoms with van der Waals surface area (Å²) in [5, 5.41) is 9.22. The van der Waals surface area contributed by atoms with Crippen LogP contribution in [0.15, 0.2) is 107 Å². The molecule has 0 aliphatic carbocycles. The Bertz CT molecular complexity index is 2170. The van der Waals surface area contributed by atoms with Gasteiger partial charge < -0.3 is 14.7 Å². The van der Waals surface area contributed by atoms with Crippen LogP contribution < -0.4 is 14.7 Å². The van der Waals surface area contributed by atoms with E-state index in [1.54, 1.807) is 0 Å². The molecule has 0 N–H and O–H groups in total. The lowest BCUT2D eigenvalue weighted by Crippen LogP contribution is -2.47. The van der Waals surface area contributed by atoms with Gasteiger partial charge in [-0.3, -0.25) is 0 Å². The summed E-state index contributed by atoms with van der Waals surface area (Å²) in [4.78, 5) is 8.08. The van der Waals surface area contributed by atoms with Gasteiger partial charge in [0.15, 0.2) is 0 Å². The van der Waals surface area contributed by atoms with E-state index in [0.717, 1.165) is 36.6 Å². The van der Waals surface area contributed by atoms with Crippen LogP contribution in [0, 0.1) is 25.7 Å². The molecule has 0 aromatic heterocycles. The molecule has 0 fully saturated rings. The van der Waals surface area contributed by atoms with Crippen molar-refractivity contribution in [3.8, 4) is 11.8 Å². The third-order valence-corrected chi connectivity index (χ3v) is 13.9. The lowest BCUT2D eigenvalue weighted by Gasteiger charge is -2.54. The van der Waals surface area contributed by atoms with Crippen molar-refractivity contribution in [2.24, 2.45) is 10.2 Å². The van der Waals surface area contributed by atoms with Crippen molar-refractivity contribution >= 4 is 45.5 Å². The SMILES string of the molecule is CCCCCCCCN1c2cccc3c2C2(C#Cc4ccc(N=Nc5cc(C)cc(C)c5)cc4)c4c1cccc4N(CCCCCCCC)c1cccc(c12)N3CCCCCCCC. The average molecular weight is 852 g/mol. The molecule has 3 aliphatic heterocycles. The van der Waals surface area contributed by atoms with Gasteiger partial charge in [-0.2, -0.15) is 10.2 Å². The molecule has 0 bridgehead atoms. The molecule has 5 aromatic carbocycles. The summed E-state index contributed by atoms with van der Waals surface area (Å²) in [6.45, 7) is 14.2. The van der Waals surface area contributed by atoms with Crippen LogP contribution in [0.4, 0.5) is 45.5 Å². The first kappa shape index (κ1) is 45.2. The molecule has 5 heteroatoms. The van der Waals surface area contributed by atoms with Crippen molar-refractivity contribution in [1.29, 1.82) is 0 Å². The van der Waals surface area contributed by atoms with Gasteiger partial charge in [-0.05, 0) is 117 Å². The highest BCUT2D eigenvalue weighted by atomic mass is 15.2. The number of unbranched alkanes of at least 4 members (excludes halogenated alkanes) is 15. The van der Waals surface area contributed by atoms with Crippen molar-refractivity contribution in [1.82, 2.24) is 0 Å². The third-order valence-electron chi connectivity index (χ3n) is 13.9. The van der Waals surface area contributed by atoms with Crippen LogP contribution in [0.25, 0.3) is 0 Å². The summed E-state index contributed by atoms with van der Waals surface area (Å²) in [5.41, 5.74) is 16.5. The maximum Gasteiger partial charge on any atom is 0.119 e. The van der Waals surface area contributed by atoms with Gasteiger partial charge in [-0.25, -0.2) is 0 Å². The molecule has 0 saturated carbocycles. The second kappa shape index (κ2) is 21.6. The third kappa shape index (κ3) is 9.54. The van der Waals surface area contributed by atoms with Gasteiger partial charge in [0.05, 0.1) is 11.4 Å². The van der Waals surface area contributed by atoms with Crippen LogP contribution in [0.3, 0.4) is 0 Å². The Kier molecular flexibility index (Phi) is 15.2. The molecule has 0 unspecified atom stereocenters. The molecule has 0 amide bonds. The zero-order chi connectivity index (χ0) is 44.3. The Morgan fingerprint density at radius 1 is 0.406 bits per heavy atom. The highest BCUT2D eigenvalue weighted by molar-refractivity contribution is 6.02. The number of nitrogens with zero attached hydrogens (tertiary/aromatic N) is 5. The fourth-order valence-corrected chi connectivity index (χ4v) is 10.8. The first-order valence-corrected chi connectivity index (χ1v) is 25.3. The van der Waals surface area contributed by atoms with E-state index >= 15 is 0 Å². The number of aryl methyl sites for hydroxylation is 2. The van der Waals surface area contributed by atoms with Gasteiger partial charge in [-0.15, -0.1) is 0 Å². The van der Waals surface area contributed by atoms with Gasteiger partial charge in [-0.1, -0.05) is 153 Å². The Morgan fingerprint density at radius 2 is 0.750 bits per heavy atom. The van der Waals surface area contributed by atoms with E-state index in [4.69, 9.17) is 0 Å². The highest BCUT2D eigenvalue weighted by Gasteiger charge is 2.55. The summed E-state index contributed by atoms with van der Waals surface area (Å²) < 4.78 is 0. The van der Waals surface area contributed by atoms with Crippen molar-refractivity contribution in [2.75, 3.05) is 34.3 Å². The summed E-state index contributed by atoms with van der Waals surface area (Å²) in [7, 11) is 0. The number of anilines is 6. The van der Waals surface area contributed by atoms with E-state index in [1.165, 1.54) is 178 Å². The van der Waals surface area contributed by atoms with Gasteiger partial charge in [0.1, 0.15) is 5.41 Å². The molecule has 0 radical (unpaired) electrons. The largest absolute Gasteiger partial charge is 0.341 e. The van der Waals surface area contributed by atoms with Gasteiger partial charge >= 0.3 is 0 Å². The molecule has 0 atom stereocenters. The summed E-state index contributed by atoms with van der Waals surface area (Å²) in [5.74, 6) is 8.02. The molecule has 3 aliphatic rings. The van der Waals surface area contributed by atoms with Crippen LogP contribution in [0.1, 0.15) is 170 Å². The van der Waals surface area contributed by atoms with Gasteiger partial charge in [0.25, 0.3) is 0 Å². The Labute approximate surface area is 386 Å². The topological polar surface area (TPSA) is 34.4 Å². The van der Waals surface area contributed by atoms with E-state index in [0.29, 0.717) is 0 Å². The molecule has 0 spiro atoms. The van der Waals surface area contributed by atoms with Gasteiger partial charge in [0.2, 0.25) is 0 Å². The first-order valence-electron chi connectivity index (χ1n) is 25.3. The number of hydrogen-bond acceptors (Lipinski definition) is 5. The Hall–Kier alpha value is -5.34. The average Bonchev–Trinajstić information content (AvgIpc) is 3.30. The van der Waals surface area contributed by atoms with E-state index in [2.05, 4.69) is 168 Å². The standard InChI is InChI=1S/C59H73N5/c1-6-9-12-15-18-21-39-62-50-27-24-29-52-56(50)59(38-37-47-33-35-48(36-34-47)60-61-49-43-45(4)42-46(5)44-49)57-51(62)28-25-30-53(57)64(41-23-20-17-14-11-8-3)55-32-26-31-54(58(55)59)63(52)40-22-19-16-13-10-7-2/h24-36,42-44H,6-23,39-41H2,1-5H3. The first-order chi connectivity index (χ1) is 31.5. The molecule has 5 aromatic rings. The van der Waals surface area contributed by atoms with E-state index in [-0.39, 0.29) is 0 Å². The fraction of sp³-hybridized carbons (Fsp3) is 0.458. The maximum atomic E-state index is 4.63. The number of azo groups is 1. The van der Waals surface area contributed by atoms with Crippen LogP contribution in [-0.4, -0.2) is 19.6 Å². The molecular weight excluding hydrogens is 779 g/mol. The summed E-state index contributed by atoms with van der Waals surface area (Å²) in [6.07, 6.45) is 23.0. The lowest BCUT2D eigenvalue weighted by molar-refractivity contribution is 0.598. The predicted octanol–water partition coefficient (Wildman–Crippen LogP) is 17.5. The quantitative estimate of drug-likeness (QED) is 0.0373. The van der Waals surface area contributed by atoms with E-state index < -0.39 is 5.41 Å². The maximum absolute atomic E-state index is 4.63. The lowest BCUT2D eigenvalue weighted by atomic mass is 9.61. The monoisotopic (exact) mass is 852 g/mol. The van der Waals surface area contributed by atoms with Crippen molar-refractivity contribution in [3.63, 3.8) is 0 Å². The molecule has 64 heavy (non-hydrogen) atoms. The molecule has 8 rings (SSSR count). The Balaban J connectivity index is 1.26. The highest BCUT2D eigenvalue weighted by Crippen LogP contribution is 2.66. The summed E-state index contributed by atoms with van der Waals surface area (Å²) in [6, 6.07) is 36.1. The minimum Gasteiger partial charge on any atom is -0.341 e. The number of rotatable bonds is 23. The number of hydrogen-bond donors (Lipinski definition) is 0. The molecule has 334 valence electrons. The van der Waals surface area contributed by atoms with Crippen molar-refractivity contribution in [2.45, 2.75) is 156 Å². The Morgan fingerprint density at radius 3 is 1.12 bits per heavy atom. The second-order valence-electron chi connectivity index (χ2n) is 18.9. The van der Waals surface area contributed by atoms with Gasteiger partial charge in [0, 0.05) is 76.0 Å². The zero-order valence-corrected chi connectivity index (χ0v) is 39.8.